The lowest BCUT2D eigenvalue weighted by Gasteiger charge is -2.30. The second kappa shape index (κ2) is 11.1. The highest BCUT2D eigenvalue weighted by atomic mass is 32.2. The number of benzene rings is 1. The summed E-state index contributed by atoms with van der Waals surface area (Å²) in [7, 11) is 1.61. The Balaban J connectivity index is 1.56. The molecule has 1 aliphatic rings. The highest BCUT2D eigenvalue weighted by molar-refractivity contribution is 7.98. The van der Waals surface area contributed by atoms with E-state index in [1.54, 1.807) is 42.1 Å². The van der Waals surface area contributed by atoms with Gasteiger partial charge in [-0.2, -0.15) is 0 Å². The molecule has 1 amide bonds. The molecule has 0 aliphatic carbocycles. The number of likely N-dealkylation sites (tertiary alicyclic amines) is 1. The van der Waals surface area contributed by atoms with E-state index >= 15 is 0 Å². The van der Waals surface area contributed by atoms with Crippen molar-refractivity contribution >= 4 is 23.6 Å². The van der Waals surface area contributed by atoms with Crippen LogP contribution in [0.4, 0.5) is 0 Å². The van der Waals surface area contributed by atoms with Crippen LogP contribution in [0.3, 0.4) is 0 Å². The number of rotatable bonds is 8. The first kappa shape index (κ1) is 23.7. The van der Waals surface area contributed by atoms with Crippen LogP contribution in [0.5, 0.6) is 5.75 Å². The minimum Gasteiger partial charge on any atom is -0.497 e. The Morgan fingerprint density at radius 1 is 1.12 bits per heavy atom. The molecule has 3 aromatic rings. The van der Waals surface area contributed by atoms with Crippen molar-refractivity contribution in [1.82, 2.24) is 29.9 Å². The number of piperidine rings is 1. The van der Waals surface area contributed by atoms with Gasteiger partial charge in [0.25, 0.3) is 5.91 Å². The number of carbonyl (C=O) groups excluding carboxylic acids is 2. The number of esters is 1. The van der Waals surface area contributed by atoms with Crippen molar-refractivity contribution < 1.29 is 19.1 Å². The minimum absolute atomic E-state index is 0.177. The van der Waals surface area contributed by atoms with Crippen molar-refractivity contribution in [3.05, 3.63) is 54.1 Å². The summed E-state index contributed by atoms with van der Waals surface area (Å²) in [6.45, 7) is 3.08. The van der Waals surface area contributed by atoms with Gasteiger partial charge < -0.3 is 14.4 Å². The average Bonchev–Trinajstić information content (AvgIpc) is 3.31. The maximum atomic E-state index is 13.4. The monoisotopic (exact) mass is 482 g/mol. The number of hydrogen-bond acceptors (Lipinski definition) is 9. The van der Waals surface area contributed by atoms with E-state index in [4.69, 9.17) is 9.47 Å². The van der Waals surface area contributed by atoms with Crippen LogP contribution in [-0.2, 0) is 15.3 Å². The number of amides is 1. The summed E-state index contributed by atoms with van der Waals surface area (Å²) in [5.41, 5.74) is 1.70. The van der Waals surface area contributed by atoms with Crippen LogP contribution in [0, 0.1) is 5.92 Å². The largest absolute Gasteiger partial charge is 0.497 e. The Morgan fingerprint density at radius 3 is 2.47 bits per heavy atom. The summed E-state index contributed by atoms with van der Waals surface area (Å²) < 4.78 is 12.0. The second-order valence-corrected chi connectivity index (χ2v) is 8.58. The third-order valence-electron chi connectivity index (χ3n) is 5.56. The molecular weight excluding hydrogens is 456 g/mol. The van der Waals surface area contributed by atoms with Crippen LogP contribution in [-0.4, -0.2) is 68.5 Å². The molecule has 0 unspecified atom stereocenters. The number of carbonyl (C=O) groups is 2. The molecule has 34 heavy (non-hydrogen) atoms. The van der Waals surface area contributed by atoms with Crippen molar-refractivity contribution in [2.24, 2.45) is 5.92 Å². The number of nitrogens with zero attached hydrogens (tertiary/aromatic N) is 6. The van der Waals surface area contributed by atoms with Gasteiger partial charge in [0.1, 0.15) is 5.75 Å². The van der Waals surface area contributed by atoms with E-state index in [1.807, 2.05) is 24.3 Å². The van der Waals surface area contributed by atoms with Crippen LogP contribution >= 0.6 is 11.8 Å². The Labute approximate surface area is 201 Å². The molecule has 1 aliphatic heterocycles. The zero-order valence-corrected chi connectivity index (χ0v) is 19.9. The number of ether oxygens (including phenoxy) is 2. The maximum Gasteiger partial charge on any atom is 0.309 e. The normalized spacial score (nSPS) is 14.1. The van der Waals surface area contributed by atoms with Gasteiger partial charge in [-0.25, -0.2) is 14.6 Å². The molecule has 0 N–H and O–H groups in total. The first-order valence-corrected chi connectivity index (χ1v) is 12.0. The molecule has 2 aromatic heterocycles. The average molecular weight is 483 g/mol. The van der Waals surface area contributed by atoms with E-state index in [2.05, 4.69) is 20.3 Å². The van der Waals surface area contributed by atoms with Crippen LogP contribution in [0.25, 0.3) is 5.69 Å². The van der Waals surface area contributed by atoms with Crippen molar-refractivity contribution in [3.63, 3.8) is 0 Å². The molecule has 3 heterocycles. The molecule has 0 bridgehead atoms. The Morgan fingerprint density at radius 2 is 1.82 bits per heavy atom. The topological polar surface area (TPSA) is 112 Å². The standard InChI is InChI=1S/C23H26N6O4S/c1-3-33-22(31)16-9-13-28(14-10-16)21(30)20-19(15-34-23-24-11-4-12-25-23)29(27-26-20)17-5-7-18(32-2)8-6-17/h4-8,11-12,16H,3,9-10,13-15H2,1-2H3. The first-order valence-electron chi connectivity index (χ1n) is 11.1. The molecule has 1 saturated heterocycles. The summed E-state index contributed by atoms with van der Waals surface area (Å²) in [5.74, 6) is 0.554. The summed E-state index contributed by atoms with van der Waals surface area (Å²) in [5, 5.41) is 9.13. The molecule has 4 rings (SSSR count). The zero-order chi connectivity index (χ0) is 23.9. The van der Waals surface area contributed by atoms with Gasteiger partial charge in [-0.1, -0.05) is 17.0 Å². The fourth-order valence-corrected chi connectivity index (χ4v) is 4.54. The maximum absolute atomic E-state index is 13.4. The van der Waals surface area contributed by atoms with Crippen molar-refractivity contribution in [2.75, 3.05) is 26.8 Å². The highest BCUT2D eigenvalue weighted by Gasteiger charge is 2.31. The van der Waals surface area contributed by atoms with Crippen LogP contribution in [0.1, 0.15) is 35.9 Å². The molecule has 1 fully saturated rings. The summed E-state index contributed by atoms with van der Waals surface area (Å²) in [6, 6.07) is 9.13. The molecule has 0 spiro atoms. The van der Waals surface area contributed by atoms with Gasteiger partial charge in [0.05, 0.1) is 31.0 Å². The zero-order valence-electron chi connectivity index (χ0n) is 19.1. The van der Waals surface area contributed by atoms with Crippen LogP contribution in [0.15, 0.2) is 47.9 Å². The second-order valence-electron chi connectivity index (χ2n) is 7.63. The number of hydrogen-bond donors (Lipinski definition) is 0. The minimum atomic E-state index is -0.202. The summed E-state index contributed by atoms with van der Waals surface area (Å²) >= 11 is 1.40. The number of aromatic nitrogens is 5. The predicted molar refractivity (Wildman–Crippen MR) is 125 cm³/mol. The van der Waals surface area contributed by atoms with E-state index in [0.29, 0.717) is 49.1 Å². The van der Waals surface area contributed by atoms with E-state index < -0.39 is 0 Å². The Kier molecular flexibility index (Phi) is 7.73. The van der Waals surface area contributed by atoms with Crippen LogP contribution < -0.4 is 4.74 Å². The first-order chi connectivity index (χ1) is 16.6. The van der Waals surface area contributed by atoms with Crippen LogP contribution in [0.2, 0.25) is 0 Å². The number of methoxy groups -OCH3 is 1. The van der Waals surface area contributed by atoms with Gasteiger partial charge in [-0.05, 0) is 50.1 Å². The summed E-state index contributed by atoms with van der Waals surface area (Å²) in [4.78, 5) is 35.7. The smallest absolute Gasteiger partial charge is 0.309 e. The van der Waals surface area contributed by atoms with Crippen molar-refractivity contribution in [3.8, 4) is 11.4 Å². The van der Waals surface area contributed by atoms with Gasteiger partial charge in [0.2, 0.25) is 0 Å². The van der Waals surface area contributed by atoms with E-state index in [9.17, 15) is 9.59 Å². The third kappa shape index (κ3) is 5.36. The van der Waals surface area contributed by atoms with Crippen molar-refractivity contribution in [2.45, 2.75) is 30.7 Å². The lowest BCUT2D eigenvalue weighted by molar-refractivity contribution is -0.149. The molecule has 178 valence electrons. The lowest BCUT2D eigenvalue weighted by Crippen LogP contribution is -2.41. The van der Waals surface area contributed by atoms with E-state index in [1.165, 1.54) is 11.8 Å². The van der Waals surface area contributed by atoms with Gasteiger partial charge >= 0.3 is 5.97 Å². The molecule has 10 nitrogen and oxygen atoms in total. The lowest BCUT2D eigenvalue weighted by atomic mass is 9.97. The van der Waals surface area contributed by atoms with E-state index in [-0.39, 0.29) is 23.5 Å². The van der Waals surface area contributed by atoms with Gasteiger partial charge in [0, 0.05) is 31.2 Å². The summed E-state index contributed by atoms with van der Waals surface area (Å²) in [6.07, 6.45) is 4.49. The molecule has 0 radical (unpaired) electrons. The number of thioether (sulfide) groups is 1. The van der Waals surface area contributed by atoms with Gasteiger partial charge in [-0.15, -0.1) is 5.10 Å². The quantitative estimate of drug-likeness (QED) is 0.272. The van der Waals surface area contributed by atoms with E-state index in [0.717, 1.165) is 11.4 Å². The highest BCUT2D eigenvalue weighted by Crippen LogP contribution is 2.26. The molecular formula is C23H26N6O4S. The third-order valence-corrected chi connectivity index (χ3v) is 6.45. The molecule has 1 aromatic carbocycles. The predicted octanol–water partition coefficient (Wildman–Crippen LogP) is 2.77. The fraction of sp³-hybridized carbons (Fsp3) is 0.391. The molecule has 0 saturated carbocycles. The van der Waals surface area contributed by atoms with Crippen molar-refractivity contribution in [1.29, 1.82) is 0 Å². The fourth-order valence-electron chi connectivity index (χ4n) is 3.75. The molecule has 0 atom stereocenters. The van der Waals surface area contributed by atoms with Gasteiger partial charge in [0.15, 0.2) is 10.9 Å². The SMILES string of the molecule is CCOC(=O)C1CCN(C(=O)c2nnn(-c3ccc(OC)cc3)c2CSc2ncccn2)CC1. The Bertz CT molecular complexity index is 1110. The molecule has 11 heteroatoms. The van der Waals surface area contributed by atoms with Gasteiger partial charge in [-0.3, -0.25) is 9.59 Å². The Hall–Kier alpha value is -3.47.